The van der Waals surface area contributed by atoms with Crippen molar-refractivity contribution >= 4 is 5.97 Å². The summed E-state index contributed by atoms with van der Waals surface area (Å²) in [7, 11) is 0. The standard InChI is InChI=1S/C14H23NO3/c1-3-5-6-7-8-9-10-11-13(12-15)14(16)18-17-4-2/h11H,3-10H2,1-2H3. The first-order valence-corrected chi connectivity index (χ1v) is 6.70. The van der Waals surface area contributed by atoms with E-state index >= 15 is 0 Å². The third-order valence-corrected chi connectivity index (χ3v) is 2.50. The third-order valence-electron chi connectivity index (χ3n) is 2.50. The zero-order valence-electron chi connectivity index (χ0n) is 11.4. The summed E-state index contributed by atoms with van der Waals surface area (Å²) < 4.78 is 0. The van der Waals surface area contributed by atoms with E-state index in [1.807, 2.05) is 6.07 Å². The van der Waals surface area contributed by atoms with E-state index in [1.54, 1.807) is 13.0 Å². The van der Waals surface area contributed by atoms with Crippen LogP contribution in [0.15, 0.2) is 11.6 Å². The van der Waals surface area contributed by atoms with Gasteiger partial charge in [0.05, 0.1) is 6.61 Å². The molecule has 0 atom stereocenters. The molecule has 4 heteroatoms. The van der Waals surface area contributed by atoms with Crippen LogP contribution < -0.4 is 0 Å². The van der Waals surface area contributed by atoms with Gasteiger partial charge >= 0.3 is 5.97 Å². The summed E-state index contributed by atoms with van der Waals surface area (Å²) in [5, 5.41) is 8.79. The van der Waals surface area contributed by atoms with Gasteiger partial charge in [-0.1, -0.05) is 45.1 Å². The molecule has 0 aromatic carbocycles. The number of hydrogen-bond acceptors (Lipinski definition) is 4. The molecule has 0 amide bonds. The molecular formula is C14H23NO3. The number of nitriles is 1. The normalized spacial score (nSPS) is 11.1. The van der Waals surface area contributed by atoms with Gasteiger partial charge < -0.3 is 0 Å². The summed E-state index contributed by atoms with van der Waals surface area (Å²) in [6.07, 6.45) is 9.48. The van der Waals surface area contributed by atoms with Gasteiger partial charge in [0.1, 0.15) is 11.6 Å². The SMILES string of the molecule is CCCCCCCCC=C(C#N)C(=O)OOCC. The Morgan fingerprint density at radius 2 is 1.83 bits per heavy atom. The highest BCUT2D eigenvalue weighted by Crippen LogP contribution is 2.09. The van der Waals surface area contributed by atoms with Gasteiger partial charge in [-0.25, -0.2) is 4.79 Å². The van der Waals surface area contributed by atoms with Crippen molar-refractivity contribution in [3.8, 4) is 6.07 Å². The first kappa shape index (κ1) is 16.7. The van der Waals surface area contributed by atoms with Gasteiger partial charge in [0, 0.05) is 0 Å². The lowest BCUT2D eigenvalue weighted by molar-refractivity contribution is -0.265. The summed E-state index contributed by atoms with van der Waals surface area (Å²) in [6.45, 7) is 4.17. The van der Waals surface area contributed by atoms with E-state index in [9.17, 15) is 4.79 Å². The van der Waals surface area contributed by atoms with Crippen LogP contribution in [0.25, 0.3) is 0 Å². The molecule has 0 saturated carbocycles. The molecule has 4 nitrogen and oxygen atoms in total. The minimum atomic E-state index is -0.703. The molecule has 0 unspecified atom stereocenters. The van der Waals surface area contributed by atoms with Crippen LogP contribution in [0.5, 0.6) is 0 Å². The molecule has 0 rings (SSSR count). The van der Waals surface area contributed by atoms with E-state index in [4.69, 9.17) is 5.26 Å². The summed E-state index contributed by atoms with van der Waals surface area (Å²) >= 11 is 0. The Morgan fingerprint density at radius 3 is 2.44 bits per heavy atom. The molecule has 0 radical (unpaired) electrons. The van der Waals surface area contributed by atoms with Crippen molar-refractivity contribution in [2.45, 2.75) is 58.8 Å². The highest BCUT2D eigenvalue weighted by molar-refractivity contribution is 5.92. The largest absolute Gasteiger partial charge is 0.383 e. The lowest BCUT2D eigenvalue weighted by atomic mass is 10.1. The van der Waals surface area contributed by atoms with Gasteiger partial charge in [0.15, 0.2) is 0 Å². The number of carbonyl (C=O) groups is 1. The molecule has 0 aliphatic heterocycles. The fraction of sp³-hybridized carbons (Fsp3) is 0.714. The van der Waals surface area contributed by atoms with Crippen LogP contribution in [0.1, 0.15) is 58.8 Å². The van der Waals surface area contributed by atoms with Crippen LogP contribution in [0.2, 0.25) is 0 Å². The van der Waals surface area contributed by atoms with Crippen molar-refractivity contribution in [3.05, 3.63) is 11.6 Å². The van der Waals surface area contributed by atoms with Crippen LogP contribution in [-0.2, 0) is 14.6 Å². The molecule has 0 saturated heterocycles. The van der Waals surface area contributed by atoms with Crippen molar-refractivity contribution in [2.24, 2.45) is 0 Å². The number of unbranched alkanes of at least 4 members (excludes halogenated alkanes) is 6. The van der Waals surface area contributed by atoms with E-state index < -0.39 is 5.97 Å². The maximum absolute atomic E-state index is 11.3. The predicted molar refractivity (Wildman–Crippen MR) is 69.4 cm³/mol. The van der Waals surface area contributed by atoms with Gasteiger partial charge in [0.25, 0.3) is 0 Å². The topological polar surface area (TPSA) is 59.3 Å². The fourth-order valence-corrected chi connectivity index (χ4v) is 1.50. The van der Waals surface area contributed by atoms with E-state index in [-0.39, 0.29) is 12.2 Å². The number of hydrogen-bond donors (Lipinski definition) is 0. The molecule has 0 N–H and O–H groups in total. The number of allylic oxidation sites excluding steroid dienone is 1. The average molecular weight is 253 g/mol. The smallest absolute Gasteiger partial charge is 0.292 e. The van der Waals surface area contributed by atoms with Crippen molar-refractivity contribution in [1.29, 1.82) is 5.26 Å². The Balaban J connectivity index is 3.78. The first-order chi connectivity index (χ1) is 8.76. The maximum Gasteiger partial charge on any atom is 0.383 e. The molecular weight excluding hydrogens is 230 g/mol. The maximum atomic E-state index is 11.3. The monoisotopic (exact) mass is 253 g/mol. The fourth-order valence-electron chi connectivity index (χ4n) is 1.50. The highest BCUT2D eigenvalue weighted by Gasteiger charge is 2.10. The molecule has 0 aromatic heterocycles. The summed E-state index contributed by atoms with van der Waals surface area (Å²) in [5.74, 6) is -0.703. The second-order valence-corrected chi connectivity index (χ2v) is 4.06. The second-order valence-electron chi connectivity index (χ2n) is 4.06. The van der Waals surface area contributed by atoms with Crippen LogP contribution in [0.3, 0.4) is 0 Å². The minimum absolute atomic E-state index is 0.0250. The Morgan fingerprint density at radius 1 is 1.17 bits per heavy atom. The van der Waals surface area contributed by atoms with E-state index in [0.717, 1.165) is 19.3 Å². The lowest BCUT2D eigenvalue weighted by Gasteiger charge is -2.00. The van der Waals surface area contributed by atoms with E-state index in [0.29, 0.717) is 0 Å². The van der Waals surface area contributed by atoms with Gasteiger partial charge in [-0.05, 0) is 19.8 Å². The quantitative estimate of drug-likeness (QED) is 0.196. The molecule has 0 spiro atoms. The number of nitrogens with zero attached hydrogens (tertiary/aromatic N) is 1. The Hall–Kier alpha value is -1.34. The lowest BCUT2D eigenvalue weighted by Crippen LogP contribution is -2.07. The Kier molecular flexibility index (Phi) is 11.2. The van der Waals surface area contributed by atoms with E-state index in [2.05, 4.69) is 16.7 Å². The number of rotatable bonds is 10. The summed E-state index contributed by atoms with van der Waals surface area (Å²) in [5.41, 5.74) is 0.0250. The average Bonchev–Trinajstić information content (AvgIpc) is 2.39. The number of carbonyl (C=O) groups excluding carboxylic acids is 1. The van der Waals surface area contributed by atoms with E-state index in [1.165, 1.54) is 25.7 Å². The molecule has 0 aliphatic rings. The predicted octanol–water partition coefficient (Wildman–Crippen LogP) is 3.68. The molecule has 18 heavy (non-hydrogen) atoms. The summed E-state index contributed by atoms with van der Waals surface area (Å²) in [4.78, 5) is 20.2. The molecule has 0 bridgehead atoms. The second kappa shape index (κ2) is 12.1. The van der Waals surface area contributed by atoms with Gasteiger partial charge in [-0.2, -0.15) is 10.1 Å². The Bertz CT molecular complexity index is 292. The third kappa shape index (κ3) is 8.77. The zero-order chi connectivity index (χ0) is 13.6. The molecule has 102 valence electrons. The van der Waals surface area contributed by atoms with Crippen molar-refractivity contribution in [1.82, 2.24) is 0 Å². The highest BCUT2D eigenvalue weighted by atomic mass is 17.2. The Labute approximate surface area is 110 Å². The van der Waals surface area contributed by atoms with Crippen LogP contribution in [0, 0.1) is 11.3 Å². The van der Waals surface area contributed by atoms with Gasteiger partial charge in [0.2, 0.25) is 0 Å². The molecule has 0 heterocycles. The van der Waals surface area contributed by atoms with Crippen LogP contribution in [0.4, 0.5) is 0 Å². The van der Waals surface area contributed by atoms with Crippen LogP contribution >= 0.6 is 0 Å². The van der Waals surface area contributed by atoms with Gasteiger partial charge in [-0.15, -0.1) is 0 Å². The zero-order valence-corrected chi connectivity index (χ0v) is 11.4. The van der Waals surface area contributed by atoms with Crippen molar-refractivity contribution in [2.75, 3.05) is 6.61 Å². The van der Waals surface area contributed by atoms with Crippen LogP contribution in [-0.4, -0.2) is 12.6 Å². The van der Waals surface area contributed by atoms with Crippen molar-refractivity contribution in [3.63, 3.8) is 0 Å². The van der Waals surface area contributed by atoms with Crippen molar-refractivity contribution < 1.29 is 14.6 Å². The molecule has 0 aliphatic carbocycles. The summed E-state index contributed by atoms with van der Waals surface area (Å²) in [6, 6.07) is 1.83. The minimum Gasteiger partial charge on any atom is -0.292 e. The molecule has 0 fully saturated rings. The van der Waals surface area contributed by atoms with Gasteiger partial charge in [-0.3, -0.25) is 4.89 Å². The first-order valence-electron chi connectivity index (χ1n) is 6.70. The molecule has 0 aromatic rings.